The van der Waals surface area contributed by atoms with Crippen molar-refractivity contribution >= 4 is 37.3 Å². The SMILES string of the molecule is CCC1CN2CCC1C[C@H]2C(OC(=O)NCCCSCCC[Si]1(C)OC2CCCCCCC(C2)O1)c1ccnc2ccc(OC)cc12. The molecule has 4 bridgehead atoms. The van der Waals surface area contributed by atoms with Crippen molar-refractivity contribution in [3.63, 3.8) is 0 Å². The van der Waals surface area contributed by atoms with Gasteiger partial charge < -0.3 is 23.6 Å². The molecule has 2 aromatic rings. The number of nitrogens with one attached hydrogen (secondary N) is 1. The molecule has 1 aromatic carbocycles. The van der Waals surface area contributed by atoms with E-state index in [9.17, 15) is 4.79 Å². The zero-order valence-electron chi connectivity index (χ0n) is 28.9. The van der Waals surface area contributed by atoms with Crippen molar-refractivity contribution in [3.05, 3.63) is 36.0 Å². The fourth-order valence-corrected chi connectivity index (χ4v) is 12.7. The maximum atomic E-state index is 13.3. The Morgan fingerprint density at radius 3 is 2.60 bits per heavy atom. The topological polar surface area (TPSA) is 82.2 Å². The predicted molar refractivity (Wildman–Crippen MR) is 192 cm³/mol. The number of carbonyl (C=O) groups is 1. The van der Waals surface area contributed by atoms with Crippen LogP contribution in [0.25, 0.3) is 10.9 Å². The third-order valence-corrected chi connectivity index (χ3v) is 15.2. The fourth-order valence-electron chi connectivity index (χ4n) is 8.64. The number of aromatic nitrogens is 1. The number of rotatable bonds is 13. The first kappa shape index (κ1) is 35.0. The summed E-state index contributed by atoms with van der Waals surface area (Å²) < 4.78 is 25.1. The number of hydrogen-bond acceptors (Lipinski definition) is 8. The van der Waals surface area contributed by atoms with Gasteiger partial charge in [-0.25, -0.2) is 4.79 Å². The van der Waals surface area contributed by atoms with Crippen molar-refractivity contribution in [1.29, 1.82) is 0 Å². The average molecular weight is 684 g/mol. The third-order valence-electron chi connectivity index (χ3n) is 11.1. The van der Waals surface area contributed by atoms with E-state index in [1.54, 1.807) is 7.11 Å². The Kier molecular flexibility index (Phi) is 12.4. The standard InChI is InChI=1S/C37H57N3O5SSi/c1-4-27-26-40-19-16-28(27)23-35(40)36(32-15-18-38-34-14-13-29(42-2)25-33(32)34)43-37(41)39-17-9-20-46-21-10-22-47(3)44-30-11-7-5-6-8-12-31(24-30)45-47/h13-15,18,25,27-28,30-31,35-36H,4-12,16-17,19-24,26H2,1-3H3,(H,39,41)/t27?,28?,30?,31?,35-,36?,47?/m0/s1. The number of pyridine rings is 1. The summed E-state index contributed by atoms with van der Waals surface area (Å²) in [4.78, 5) is 20.5. The molecule has 5 fully saturated rings. The molecule has 5 heterocycles. The van der Waals surface area contributed by atoms with Gasteiger partial charge in [-0.05, 0) is 112 Å². The number of piperidine rings is 3. The molecule has 4 saturated heterocycles. The van der Waals surface area contributed by atoms with Crippen LogP contribution in [0.3, 0.4) is 0 Å². The number of fused-ring (bicyclic) bond motifs is 6. The van der Waals surface area contributed by atoms with Gasteiger partial charge in [-0.2, -0.15) is 11.8 Å². The van der Waals surface area contributed by atoms with Crippen molar-refractivity contribution in [2.75, 3.05) is 38.2 Å². The van der Waals surface area contributed by atoms with Crippen LogP contribution in [0.1, 0.15) is 95.6 Å². The first-order valence-electron chi connectivity index (χ1n) is 18.5. The van der Waals surface area contributed by atoms with E-state index in [2.05, 4.69) is 28.7 Å². The van der Waals surface area contributed by atoms with Crippen LogP contribution < -0.4 is 10.1 Å². The van der Waals surface area contributed by atoms with Crippen LogP contribution in [0.5, 0.6) is 5.75 Å². The molecule has 0 radical (unpaired) electrons. The summed E-state index contributed by atoms with van der Waals surface area (Å²) in [5.74, 6) is 4.31. The first-order valence-corrected chi connectivity index (χ1v) is 22.2. The molecule has 10 heteroatoms. The van der Waals surface area contributed by atoms with E-state index in [1.807, 2.05) is 42.2 Å². The van der Waals surface area contributed by atoms with Crippen LogP contribution in [0.4, 0.5) is 4.79 Å². The van der Waals surface area contributed by atoms with Crippen molar-refractivity contribution in [2.45, 2.75) is 121 Å². The van der Waals surface area contributed by atoms with Crippen LogP contribution in [0.15, 0.2) is 30.5 Å². The van der Waals surface area contributed by atoms with E-state index in [0.29, 0.717) is 24.7 Å². The van der Waals surface area contributed by atoms with E-state index in [1.165, 1.54) is 51.4 Å². The highest BCUT2D eigenvalue weighted by Gasteiger charge is 2.45. The molecule has 0 spiro atoms. The Bertz CT molecular complexity index is 1300. The van der Waals surface area contributed by atoms with Crippen LogP contribution >= 0.6 is 11.8 Å². The zero-order valence-corrected chi connectivity index (χ0v) is 30.7. The van der Waals surface area contributed by atoms with Gasteiger partial charge in [0.15, 0.2) is 0 Å². The maximum Gasteiger partial charge on any atom is 0.407 e. The van der Waals surface area contributed by atoms with Crippen molar-refractivity contribution < 1.29 is 23.1 Å². The number of carbonyl (C=O) groups excluding carboxylic acids is 1. The Hall–Kier alpha value is -1.85. The molecule has 4 aliphatic heterocycles. The molecule has 7 atom stereocenters. The molecule has 6 unspecified atom stereocenters. The minimum Gasteiger partial charge on any atom is -0.497 e. The minimum atomic E-state index is -2.09. The van der Waals surface area contributed by atoms with E-state index in [4.69, 9.17) is 18.3 Å². The van der Waals surface area contributed by atoms with E-state index >= 15 is 0 Å². The van der Waals surface area contributed by atoms with Gasteiger partial charge in [0, 0.05) is 42.4 Å². The van der Waals surface area contributed by atoms with Gasteiger partial charge in [0.1, 0.15) is 11.9 Å². The predicted octanol–water partition coefficient (Wildman–Crippen LogP) is 8.24. The summed E-state index contributed by atoms with van der Waals surface area (Å²) in [5, 5.41) is 4.06. The number of amides is 1. The van der Waals surface area contributed by atoms with Gasteiger partial charge in [-0.1, -0.05) is 39.0 Å². The lowest BCUT2D eigenvalue weighted by atomic mass is 9.72. The molecule has 1 aliphatic carbocycles. The molecule has 1 aromatic heterocycles. The molecule has 1 saturated carbocycles. The zero-order chi connectivity index (χ0) is 32.6. The molecule has 47 heavy (non-hydrogen) atoms. The van der Waals surface area contributed by atoms with Gasteiger partial charge >= 0.3 is 14.7 Å². The quantitative estimate of drug-likeness (QED) is 0.167. The number of nitrogens with zero attached hydrogens (tertiary/aromatic N) is 2. The number of methoxy groups -OCH3 is 1. The lowest BCUT2D eigenvalue weighted by Crippen LogP contribution is -2.56. The Morgan fingerprint density at radius 1 is 1.09 bits per heavy atom. The van der Waals surface area contributed by atoms with Gasteiger partial charge in [0.05, 0.1) is 18.7 Å². The normalized spacial score (nSPS) is 31.4. The second-order valence-electron chi connectivity index (χ2n) is 14.5. The number of alkyl carbamates (subject to hydrolysis) is 1. The lowest BCUT2D eigenvalue weighted by molar-refractivity contribution is -0.0604. The van der Waals surface area contributed by atoms with Crippen molar-refractivity contribution in [1.82, 2.24) is 15.2 Å². The van der Waals surface area contributed by atoms with E-state index in [0.717, 1.165) is 84.5 Å². The molecule has 1 N–H and O–H groups in total. The highest BCUT2D eigenvalue weighted by atomic mass is 32.2. The second-order valence-corrected chi connectivity index (χ2v) is 18.9. The van der Waals surface area contributed by atoms with Gasteiger partial charge in [-0.3, -0.25) is 9.88 Å². The third kappa shape index (κ3) is 9.04. The highest BCUT2D eigenvalue weighted by molar-refractivity contribution is 7.99. The smallest absolute Gasteiger partial charge is 0.407 e. The number of thioether (sulfide) groups is 1. The summed E-state index contributed by atoms with van der Waals surface area (Å²) in [6.45, 7) is 7.36. The van der Waals surface area contributed by atoms with E-state index < -0.39 is 8.56 Å². The number of hydrogen-bond donors (Lipinski definition) is 1. The first-order chi connectivity index (χ1) is 22.9. The largest absolute Gasteiger partial charge is 0.497 e. The van der Waals surface area contributed by atoms with Crippen LogP contribution in [-0.2, 0) is 13.6 Å². The fraction of sp³-hybridized carbons (Fsp3) is 0.730. The maximum absolute atomic E-state index is 13.3. The minimum absolute atomic E-state index is 0.162. The summed E-state index contributed by atoms with van der Waals surface area (Å²) in [6.07, 6.45) is 16.3. The summed E-state index contributed by atoms with van der Waals surface area (Å²) in [6, 6.07) is 9.21. The summed E-state index contributed by atoms with van der Waals surface area (Å²) >= 11 is 1.97. The van der Waals surface area contributed by atoms with Gasteiger partial charge in [0.25, 0.3) is 0 Å². The molecule has 5 aliphatic rings. The van der Waals surface area contributed by atoms with Gasteiger partial charge in [0.2, 0.25) is 0 Å². The van der Waals surface area contributed by atoms with Crippen molar-refractivity contribution in [2.24, 2.45) is 11.8 Å². The molecule has 260 valence electrons. The van der Waals surface area contributed by atoms with Crippen LogP contribution in [0.2, 0.25) is 12.6 Å². The Morgan fingerprint density at radius 2 is 1.87 bits per heavy atom. The number of benzene rings is 1. The highest BCUT2D eigenvalue weighted by Crippen LogP contribution is 2.44. The molecular formula is C37H57N3O5SSi. The molecular weight excluding hydrogens is 627 g/mol. The monoisotopic (exact) mass is 683 g/mol. The van der Waals surface area contributed by atoms with E-state index in [-0.39, 0.29) is 18.2 Å². The number of ether oxygens (including phenoxy) is 2. The van der Waals surface area contributed by atoms with Gasteiger partial charge in [-0.15, -0.1) is 0 Å². The average Bonchev–Trinajstić information content (AvgIpc) is 3.17. The second kappa shape index (κ2) is 16.7. The lowest BCUT2D eigenvalue weighted by Gasteiger charge is -2.51. The summed E-state index contributed by atoms with van der Waals surface area (Å²) in [5.41, 5.74) is 1.90. The summed E-state index contributed by atoms with van der Waals surface area (Å²) in [7, 11) is -0.410. The Labute approximate surface area is 287 Å². The molecule has 8 nitrogen and oxygen atoms in total. The molecule has 7 rings (SSSR count). The Balaban J connectivity index is 0.985. The van der Waals surface area contributed by atoms with Crippen LogP contribution in [-0.4, -0.2) is 81.0 Å². The van der Waals surface area contributed by atoms with Crippen LogP contribution in [0, 0.1) is 11.8 Å². The van der Waals surface area contributed by atoms with Crippen molar-refractivity contribution in [3.8, 4) is 5.75 Å². The molecule has 1 amide bonds.